The first-order valence-electron chi connectivity index (χ1n) is 8.71. The van der Waals surface area contributed by atoms with Crippen molar-refractivity contribution in [2.24, 2.45) is 5.92 Å². The highest BCUT2D eigenvalue weighted by atomic mass is 35.5. The molecule has 0 aliphatic heterocycles. The zero-order chi connectivity index (χ0) is 17.8. The molecule has 0 radical (unpaired) electrons. The van der Waals surface area contributed by atoms with E-state index in [0.29, 0.717) is 16.3 Å². The van der Waals surface area contributed by atoms with Gasteiger partial charge in [-0.2, -0.15) is 9.78 Å². The molecule has 4 aromatic rings. The van der Waals surface area contributed by atoms with Gasteiger partial charge in [0.15, 0.2) is 0 Å². The maximum atomic E-state index is 13.4. The Bertz CT molecular complexity index is 1230. The summed E-state index contributed by atoms with van der Waals surface area (Å²) in [5, 5.41) is 7.69. The number of benzene rings is 2. The summed E-state index contributed by atoms with van der Waals surface area (Å²) in [6, 6.07) is 15.1. The van der Waals surface area contributed by atoms with Crippen molar-refractivity contribution in [3.05, 3.63) is 75.3 Å². The topological polar surface area (TPSA) is 47.8 Å². The third-order valence-electron chi connectivity index (χ3n) is 5.02. The van der Waals surface area contributed by atoms with E-state index < -0.39 is 0 Å². The second kappa shape index (κ2) is 5.64. The Balaban J connectivity index is 2.00. The molecule has 0 amide bonds. The second-order valence-corrected chi connectivity index (χ2v) is 7.42. The summed E-state index contributed by atoms with van der Waals surface area (Å²) in [4.78, 5) is 18.2. The first kappa shape index (κ1) is 15.5. The number of halogens is 1. The van der Waals surface area contributed by atoms with Gasteiger partial charge in [0.05, 0.1) is 28.0 Å². The van der Waals surface area contributed by atoms with Gasteiger partial charge in [0.25, 0.3) is 5.56 Å². The Morgan fingerprint density at radius 1 is 1.04 bits per heavy atom. The predicted octanol–water partition coefficient (Wildman–Crippen LogP) is 4.32. The third kappa shape index (κ3) is 2.26. The molecule has 0 N–H and O–H groups in total. The van der Waals surface area contributed by atoms with Gasteiger partial charge in [-0.05, 0) is 49.1 Å². The highest BCUT2D eigenvalue weighted by Gasteiger charge is 2.25. The molecule has 0 bridgehead atoms. The number of hydrogen-bond donors (Lipinski definition) is 0. The summed E-state index contributed by atoms with van der Waals surface area (Å²) < 4.78 is 1.51. The molecule has 0 saturated heterocycles. The summed E-state index contributed by atoms with van der Waals surface area (Å²) in [5.41, 5.74) is 3.35. The van der Waals surface area contributed by atoms with Crippen LogP contribution in [0.25, 0.3) is 27.4 Å². The number of fused-ring (bicyclic) bond motifs is 2. The summed E-state index contributed by atoms with van der Waals surface area (Å²) in [6.07, 6.45) is 1.70. The maximum Gasteiger partial charge on any atom is 0.280 e. The second-order valence-electron chi connectivity index (χ2n) is 6.98. The Kier molecular flexibility index (Phi) is 3.37. The molecule has 128 valence electrons. The molecule has 5 rings (SSSR count). The highest BCUT2D eigenvalue weighted by molar-refractivity contribution is 6.31. The minimum atomic E-state index is -0.125. The fraction of sp³-hybridized carbons (Fsp3) is 0.190. The van der Waals surface area contributed by atoms with E-state index in [4.69, 9.17) is 21.7 Å². The number of aromatic nitrogens is 3. The Morgan fingerprint density at radius 3 is 2.62 bits per heavy atom. The largest absolute Gasteiger partial charge is 0.280 e. The fourth-order valence-electron chi connectivity index (χ4n) is 3.91. The molecule has 26 heavy (non-hydrogen) atoms. The number of para-hydroxylation sites is 1. The van der Waals surface area contributed by atoms with Crippen molar-refractivity contribution >= 4 is 33.3 Å². The van der Waals surface area contributed by atoms with Crippen LogP contribution >= 0.6 is 11.6 Å². The van der Waals surface area contributed by atoms with E-state index >= 15 is 0 Å². The molecule has 2 heterocycles. The Morgan fingerprint density at radius 2 is 1.81 bits per heavy atom. The Labute approximate surface area is 155 Å². The van der Waals surface area contributed by atoms with Gasteiger partial charge in [-0.1, -0.05) is 36.7 Å². The predicted molar refractivity (Wildman–Crippen MR) is 104 cm³/mol. The van der Waals surface area contributed by atoms with Crippen LogP contribution in [0.4, 0.5) is 0 Å². The highest BCUT2D eigenvalue weighted by Crippen LogP contribution is 2.33. The van der Waals surface area contributed by atoms with Gasteiger partial charge >= 0.3 is 0 Å². The fourth-order valence-corrected chi connectivity index (χ4v) is 4.08. The molecule has 0 spiro atoms. The summed E-state index contributed by atoms with van der Waals surface area (Å²) in [7, 11) is 0. The molecule has 0 fully saturated rings. The smallest absolute Gasteiger partial charge is 0.267 e. The van der Waals surface area contributed by atoms with Gasteiger partial charge in [0.1, 0.15) is 0 Å². The monoisotopic (exact) mass is 361 g/mol. The first-order valence-corrected chi connectivity index (χ1v) is 9.09. The minimum absolute atomic E-state index is 0.125. The summed E-state index contributed by atoms with van der Waals surface area (Å²) in [6.45, 7) is 2.20. The van der Waals surface area contributed by atoms with Crippen molar-refractivity contribution < 1.29 is 0 Å². The van der Waals surface area contributed by atoms with Crippen LogP contribution in [0, 0.1) is 5.92 Å². The maximum absolute atomic E-state index is 13.4. The van der Waals surface area contributed by atoms with Crippen molar-refractivity contribution in [3.8, 4) is 5.69 Å². The summed E-state index contributed by atoms with van der Waals surface area (Å²) in [5.74, 6) is 0.442. The normalized spacial score (nSPS) is 16.3. The van der Waals surface area contributed by atoms with E-state index in [1.54, 1.807) is 0 Å². The third-order valence-corrected chi connectivity index (χ3v) is 5.26. The van der Waals surface area contributed by atoms with Crippen LogP contribution in [-0.4, -0.2) is 14.8 Å². The van der Waals surface area contributed by atoms with Crippen LogP contribution < -0.4 is 5.56 Å². The van der Waals surface area contributed by atoms with Gasteiger partial charge in [-0.25, -0.2) is 0 Å². The standard InChI is InChI=1S/C21H16ClN3O/c1-12-9-17-20-18(10-12)24-25(14-5-3-2-4-6-14)21(26)19(20)15-11-13(22)7-8-16(15)23-17/h2-8,11-12H,9-10H2,1H3. The number of hydrogen-bond acceptors (Lipinski definition) is 3. The molecule has 5 heteroatoms. The molecule has 1 unspecified atom stereocenters. The van der Waals surface area contributed by atoms with E-state index in [1.807, 2.05) is 48.5 Å². The van der Waals surface area contributed by atoms with Gasteiger partial charge in [0, 0.05) is 15.8 Å². The first-order chi connectivity index (χ1) is 12.6. The molecular weight excluding hydrogens is 346 g/mol. The average molecular weight is 362 g/mol. The van der Waals surface area contributed by atoms with Crippen LogP contribution in [0.15, 0.2) is 53.3 Å². The lowest BCUT2D eigenvalue weighted by molar-refractivity contribution is 0.543. The van der Waals surface area contributed by atoms with Crippen molar-refractivity contribution in [2.75, 3.05) is 0 Å². The van der Waals surface area contributed by atoms with Gasteiger partial charge < -0.3 is 0 Å². The zero-order valence-electron chi connectivity index (χ0n) is 14.2. The van der Waals surface area contributed by atoms with Crippen molar-refractivity contribution in [3.63, 3.8) is 0 Å². The lowest BCUT2D eigenvalue weighted by atomic mass is 9.88. The lowest BCUT2D eigenvalue weighted by Crippen LogP contribution is -2.27. The number of nitrogens with zero attached hydrogens (tertiary/aromatic N) is 3. The molecule has 2 aromatic heterocycles. The number of pyridine rings is 1. The Hall–Kier alpha value is -2.72. The SMILES string of the molecule is CC1Cc2nc3ccc(Cl)cc3c3c(=O)n(-c4ccccc4)nc(c23)C1. The van der Waals surface area contributed by atoms with E-state index in [9.17, 15) is 4.79 Å². The van der Waals surface area contributed by atoms with Gasteiger partial charge in [-0.3, -0.25) is 9.78 Å². The number of rotatable bonds is 1. The van der Waals surface area contributed by atoms with Crippen LogP contribution in [0.3, 0.4) is 0 Å². The van der Waals surface area contributed by atoms with Crippen LogP contribution in [0.2, 0.25) is 5.02 Å². The van der Waals surface area contributed by atoms with Crippen molar-refractivity contribution in [1.82, 2.24) is 14.8 Å². The average Bonchev–Trinajstić information content (AvgIpc) is 2.64. The molecule has 0 saturated carbocycles. The van der Waals surface area contributed by atoms with E-state index in [2.05, 4.69) is 6.92 Å². The van der Waals surface area contributed by atoms with E-state index in [0.717, 1.165) is 46.2 Å². The molecular formula is C21H16ClN3O. The van der Waals surface area contributed by atoms with E-state index in [1.165, 1.54) is 4.68 Å². The van der Waals surface area contributed by atoms with Crippen molar-refractivity contribution in [1.29, 1.82) is 0 Å². The molecule has 1 aliphatic carbocycles. The zero-order valence-corrected chi connectivity index (χ0v) is 15.0. The van der Waals surface area contributed by atoms with Crippen molar-refractivity contribution in [2.45, 2.75) is 19.8 Å². The molecule has 1 aliphatic rings. The molecule has 1 atom stereocenters. The van der Waals surface area contributed by atoms with Crippen LogP contribution in [-0.2, 0) is 12.8 Å². The van der Waals surface area contributed by atoms with Gasteiger partial charge in [-0.15, -0.1) is 0 Å². The quantitative estimate of drug-likeness (QED) is 0.474. The van der Waals surface area contributed by atoms with Crippen LogP contribution in [0.1, 0.15) is 18.3 Å². The lowest BCUT2D eigenvalue weighted by Gasteiger charge is -2.22. The summed E-state index contributed by atoms with van der Waals surface area (Å²) >= 11 is 6.23. The minimum Gasteiger partial charge on any atom is -0.267 e. The molecule has 2 aromatic carbocycles. The van der Waals surface area contributed by atoms with Crippen LogP contribution in [0.5, 0.6) is 0 Å². The van der Waals surface area contributed by atoms with E-state index in [-0.39, 0.29) is 5.56 Å². The van der Waals surface area contributed by atoms with Gasteiger partial charge in [0.2, 0.25) is 0 Å². The molecule has 4 nitrogen and oxygen atoms in total.